The fourth-order valence-electron chi connectivity index (χ4n) is 3.34. The number of hydrogen-bond donors (Lipinski definition) is 1. The Labute approximate surface area is 197 Å². The monoisotopic (exact) mass is 452 g/mol. The molecular weight excluding hydrogens is 428 g/mol. The minimum Gasteiger partial charge on any atom is -0.494 e. The van der Waals surface area contributed by atoms with Crippen molar-refractivity contribution < 1.29 is 13.9 Å². The number of amides is 1. The van der Waals surface area contributed by atoms with Crippen molar-refractivity contribution in [3.05, 3.63) is 96.1 Å². The Bertz CT molecular complexity index is 1300. The van der Waals surface area contributed by atoms with Gasteiger partial charge < -0.3 is 14.5 Å². The summed E-state index contributed by atoms with van der Waals surface area (Å²) in [4.78, 5) is 12.7. The Balaban J connectivity index is 1.67. The number of benzene rings is 2. The maximum Gasteiger partial charge on any atom is 0.262 e. The zero-order valence-corrected chi connectivity index (χ0v) is 18.8. The highest BCUT2D eigenvalue weighted by Crippen LogP contribution is 2.27. The van der Waals surface area contributed by atoms with Gasteiger partial charge in [-0.25, -0.2) is 4.68 Å². The van der Waals surface area contributed by atoms with Gasteiger partial charge >= 0.3 is 0 Å². The first-order valence-electron chi connectivity index (χ1n) is 11.0. The minimum atomic E-state index is -0.486. The van der Waals surface area contributed by atoms with Gasteiger partial charge in [-0.2, -0.15) is 10.4 Å². The van der Waals surface area contributed by atoms with E-state index >= 15 is 0 Å². The van der Waals surface area contributed by atoms with Gasteiger partial charge in [0.05, 0.1) is 30.8 Å². The zero-order valence-electron chi connectivity index (χ0n) is 18.8. The van der Waals surface area contributed by atoms with E-state index in [1.165, 1.54) is 6.26 Å². The van der Waals surface area contributed by atoms with Gasteiger partial charge in [0.25, 0.3) is 5.91 Å². The molecule has 0 radical (unpaired) electrons. The number of nitrogens with one attached hydrogen (secondary N) is 1. The lowest BCUT2D eigenvalue weighted by atomic mass is 10.1. The summed E-state index contributed by atoms with van der Waals surface area (Å²) in [6, 6.07) is 22.8. The molecule has 34 heavy (non-hydrogen) atoms. The summed E-state index contributed by atoms with van der Waals surface area (Å²) < 4.78 is 12.7. The van der Waals surface area contributed by atoms with Crippen LogP contribution < -0.4 is 10.1 Å². The summed E-state index contributed by atoms with van der Waals surface area (Å²) in [6.07, 6.45) is 5.83. The second-order valence-electron chi connectivity index (χ2n) is 7.52. The first-order valence-corrected chi connectivity index (χ1v) is 11.0. The van der Waals surface area contributed by atoms with Gasteiger partial charge in [-0.3, -0.25) is 4.79 Å². The van der Waals surface area contributed by atoms with E-state index in [2.05, 4.69) is 12.2 Å². The molecule has 4 rings (SSSR count). The fourth-order valence-corrected chi connectivity index (χ4v) is 3.34. The van der Waals surface area contributed by atoms with Crippen molar-refractivity contribution in [1.82, 2.24) is 15.1 Å². The lowest BCUT2D eigenvalue weighted by Gasteiger charge is -2.06. The molecule has 0 aliphatic heterocycles. The van der Waals surface area contributed by atoms with Crippen LogP contribution in [0, 0.1) is 11.3 Å². The summed E-state index contributed by atoms with van der Waals surface area (Å²) in [7, 11) is 0. The van der Waals surface area contributed by atoms with Crippen LogP contribution >= 0.6 is 0 Å². The third kappa shape index (κ3) is 5.43. The van der Waals surface area contributed by atoms with Gasteiger partial charge in [-0.15, -0.1) is 0 Å². The van der Waals surface area contributed by atoms with Crippen LogP contribution in [0.15, 0.2) is 89.2 Å². The molecule has 7 nitrogen and oxygen atoms in total. The average Bonchev–Trinajstić information content (AvgIpc) is 3.56. The SMILES string of the molecule is CCCOc1ccc(-c2nn(-c3ccccc3)cc2C=C(C#N)C(=O)NCc2ccco2)cc1. The maximum atomic E-state index is 12.7. The van der Waals surface area contributed by atoms with E-state index < -0.39 is 5.91 Å². The van der Waals surface area contributed by atoms with Crippen molar-refractivity contribution in [3.8, 4) is 28.8 Å². The van der Waals surface area contributed by atoms with Crippen LogP contribution in [0.1, 0.15) is 24.7 Å². The van der Waals surface area contributed by atoms with E-state index in [1.54, 1.807) is 22.9 Å². The number of carbonyl (C=O) groups is 1. The predicted octanol–water partition coefficient (Wildman–Crippen LogP) is 5.14. The second kappa shape index (κ2) is 10.8. The summed E-state index contributed by atoms with van der Waals surface area (Å²) >= 11 is 0. The maximum absolute atomic E-state index is 12.7. The summed E-state index contributed by atoms with van der Waals surface area (Å²) in [5, 5.41) is 17.1. The van der Waals surface area contributed by atoms with Gasteiger partial charge in [0.1, 0.15) is 23.2 Å². The third-order valence-corrected chi connectivity index (χ3v) is 5.03. The molecule has 170 valence electrons. The quantitative estimate of drug-likeness (QED) is 0.280. The molecule has 0 fully saturated rings. The van der Waals surface area contributed by atoms with Crippen LogP contribution in [-0.4, -0.2) is 22.3 Å². The van der Waals surface area contributed by atoms with Crippen LogP contribution in [0.5, 0.6) is 5.75 Å². The van der Waals surface area contributed by atoms with Gasteiger partial charge in [-0.05, 0) is 61.0 Å². The molecule has 0 atom stereocenters. The summed E-state index contributed by atoms with van der Waals surface area (Å²) in [6.45, 7) is 2.90. The molecule has 2 aromatic carbocycles. The Morgan fingerprint density at radius 2 is 1.94 bits per heavy atom. The molecule has 0 unspecified atom stereocenters. The van der Waals surface area contributed by atoms with E-state index in [4.69, 9.17) is 14.3 Å². The molecule has 7 heteroatoms. The molecule has 1 amide bonds. The van der Waals surface area contributed by atoms with Gasteiger partial charge in [-0.1, -0.05) is 25.1 Å². The summed E-state index contributed by atoms with van der Waals surface area (Å²) in [5.74, 6) is 0.898. The smallest absolute Gasteiger partial charge is 0.262 e. The van der Waals surface area contributed by atoms with Crippen molar-refractivity contribution in [2.45, 2.75) is 19.9 Å². The number of ether oxygens (including phenoxy) is 1. The topological polar surface area (TPSA) is 93.1 Å². The predicted molar refractivity (Wildman–Crippen MR) is 129 cm³/mol. The fraction of sp³-hybridized carbons (Fsp3) is 0.148. The summed E-state index contributed by atoms with van der Waals surface area (Å²) in [5.41, 5.74) is 2.99. The molecular formula is C27H24N4O3. The Kier molecular flexibility index (Phi) is 7.21. The highest BCUT2D eigenvalue weighted by Gasteiger charge is 2.15. The first kappa shape index (κ1) is 22.6. The third-order valence-electron chi connectivity index (χ3n) is 5.03. The van der Waals surface area contributed by atoms with Crippen LogP contribution in [0.25, 0.3) is 23.0 Å². The number of carbonyl (C=O) groups excluding carboxylic acids is 1. The average molecular weight is 453 g/mol. The van der Waals surface area contributed by atoms with Crippen LogP contribution in [0.3, 0.4) is 0 Å². The molecule has 2 heterocycles. The zero-order chi connectivity index (χ0) is 23.8. The van der Waals surface area contributed by atoms with E-state index in [0.717, 1.165) is 23.4 Å². The van der Waals surface area contributed by atoms with E-state index in [9.17, 15) is 10.1 Å². The molecule has 1 N–H and O–H groups in total. The molecule has 0 aliphatic carbocycles. The number of furan rings is 1. The van der Waals surface area contributed by atoms with Gasteiger partial charge in [0.15, 0.2) is 0 Å². The Hall–Kier alpha value is -4.57. The van der Waals surface area contributed by atoms with E-state index in [-0.39, 0.29) is 12.1 Å². The highest BCUT2D eigenvalue weighted by molar-refractivity contribution is 6.02. The highest BCUT2D eigenvalue weighted by atomic mass is 16.5. The standard InChI is InChI=1S/C27H24N4O3/c1-2-14-33-24-12-10-20(11-13-24)26-22(19-31(30-26)23-7-4-3-5-8-23)16-21(17-28)27(32)29-18-25-9-6-15-34-25/h3-13,15-16,19H,2,14,18H2,1H3,(H,29,32). The van der Waals surface area contributed by atoms with Crippen molar-refractivity contribution in [2.24, 2.45) is 0 Å². The number of hydrogen-bond acceptors (Lipinski definition) is 5. The molecule has 0 saturated carbocycles. The molecule has 4 aromatic rings. The molecule has 0 saturated heterocycles. The largest absolute Gasteiger partial charge is 0.494 e. The van der Waals surface area contributed by atoms with Crippen molar-refractivity contribution in [3.63, 3.8) is 0 Å². The second-order valence-corrected chi connectivity index (χ2v) is 7.52. The van der Waals surface area contributed by atoms with E-state index in [0.29, 0.717) is 23.6 Å². The lowest BCUT2D eigenvalue weighted by molar-refractivity contribution is -0.117. The molecule has 0 spiro atoms. The number of aromatic nitrogens is 2. The van der Waals surface area contributed by atoms with Crippen LogP contribution in [-0.2, 0) is 11.3 Å². The minimum absolute atomic E-state index is 0.0247. The normalized spacial score (nSPS) is 11.1. The van der Waals surface area contributed by atoms with Crippen molar-refractivity contribution in [2.75, 3.05) is 6.61 Å². The van der Waals surface area contributed by atoms with Crippen LogP contribution in [0.4, 0.5) is 0 Å². The first-order chi connectivity index (χ1) is 16.7. The molecule has 0 aliphatic rings. The van der Waals surface area contributed by atoms with Gasteiger partial charge in [0, 0.05) is 17.3 Å². The number of para-hydroxylation sites is 1. The molecule has 0 bridgehead atoms. The Morgan fingerprint density at radius 3 is 2.62 bits per heavy atom. The Morgan fingerprint density at radius 1 is 1.15 bits per heavy atom. The van der Waals surface area contributed by atoms with Crippen molar-refractivity contribution in [1.29, 1.82) is 5.26 Å². The number of nitrogens with zero attached hydrogens (tertiary/aromatic N) is 3. The van der Waals surface area contributed by atoms with Gasteiger partial charge in [0.2, 0.25) is 0 Å². The van der Waals surface area contributed by atoms with Crippen molar-refractivity contribution >= 4 is 12.0 Å². The number of rotatable bonds is 9. The molecule has 2 aromatic heterocycles. The van der Waals surface area contributed by atoms with Crippen LogP contribution in [0.2, 0.25) is 0 Å². The van der Waals surface area contributed by atoms with E-state index in [1.807, 2.05) is 66.9 Å². The number of nitriles is 1. The lowest BCUT2D eigenvalue weighted by Crippen LogP contribution is -2.23.